The van der Waals surface area contributed by atoms with Gasteiger partial charge in [0, 0.05) is 17.0 Å². The summed E-state index contributed by atoms with van der Waals surface area (Å²) in [6.07, 6.45) is 1.42. The number of rotatable bonds is 5. The van der Waals surface area contributed by atoms with E-state index in [9.17, 15) is 8.78 Å². The molecule has 1 nitrogen and oxygen atoms in total. The van der Waals surface area contributed by atoms with Crippen LogP contribution in [-0.2, 0) is 5.41 Å². The molecule has 0 amide bonds. The molecule has 0 aliphatic rings. The minimum atomic E-state index is -0.726. The molecule has 0 heterocycles. The monoisotopic (exact) mass is 289 g/mol. The highest BCUT2D eigenvalue weighted by Gasteiger charge is 2.38. The summed E-state index contributed by atoms with van der Waals surface area (Å²) >= 11 is 0. The molecule has 0 aliphatic carbocycles. The van der Waals surface area contributed by atoms with Gasteiger partial charge in [0.05, 0.1) is 0 Å². The lowest BCUT2D eigenvalue weighted by Gasteiger charge is -2.38. The van der Waals surface area contributed by atoms with Crippen LogP contribution in [0.5, 0.6) is 0 Å². The minimum Gasteiger partial charge on any atom is -0.323 e. The van der Waals surface area contributed by atoms with E-state index in [1.54, 1.807) is 0 Å². The van der Waals surface area contributed by atoms with E-state index in [1.165, 1.54) is 18.2 Å². The highest BCUT2D eigenvalue weighted by Crippen LogP contribution is 2.42. The third-order valence-corrected chi connectivity index (χ3v) is 4.52. The van der Waals surface area contributed by atoms with Crippen LogP contribution in [-0.4, -0.2) is 0 Å². The number of benzene rings is 2. The van der Waals surface area contributed by atoms with E-state index in [2.05, 4.69) is 0 Å². The average Bonchev–Trinajstić information content (AvgIpc) is 2.50. The molecule has 0 spiro atoms. The fraction of sp³-hybridized carbons (Fsp3) is 0.333. The van der Waals surface area contributed by atoms with Crippen LogP contribution < -0.4 is 5.73 Å². The molecule has 112 valence electrons. The summed E-state index contributed by atoms with van der Waals surface area (Å²) in [5, 5.41) is 0. The molecule has 0 bridgehead atoms. The zero-order chi connectivity index (χ0) is 15.5. The molecule has 0 saturated heterocycles. The van der Waals surface area contributed by atoms with Crippen LogP contribution in [0.25, 0.3) is 0 Å². The van der Waals surface area contributed by atoms with Crippen LogP contribution in [0.3, 0.4) is 0 Å². The SMILES string of the molecule is CCC(CC)(c1ccccc1)C(N)c1c(F)cccc1F. The van der Waals surface area contributed by atoms with Gasteiger partial charge in [-0.25, -0.2) is 8.78 Å². The predicted molar refractivity (Wildman–Crippen MR) is 82.0 cm³/mol. The lowest BCUT2D eigenvalue weighted by Crippen LogP contribution is -2.39. The van der Waals surface area contributed by atoms with Gasteiger partial charge in [-0.1, -0.05) is 50.2 Å². The number of hydrogen-bond donors (Lipinski definition) is 1. The maximum Gasteiger partial charge on any atom is 0.130 e. The van der Waals surface area contributed by atoms with Crippen molar-refractivity contribution in [1.29, 1.82) is 0 Å². The molecular weight excluding hydrogens is 268 g/mol. The molecule has 1 unspecified atom stereocenters. The van der Waals surface area contributed by atoms with Gasteiger partial charge in [0.15, 0.2) is 0 Å². The van der Waals surface area contributed by atoms with Gasteiger partial charge in [0.2, 0.25) is 0 Å². The van der Waals surface area contributed by atoms with Crippen molar-refractivity contribution in [2.24, 2.45) is 5.73 Å². The number of halogens is 2. The second-order valence-electron chi connectivity index (χ2n) is 5.34. The van der Waals surface area contributed by atoms with Crippen molar-refractivity contribution >= 4 is 0 Å². The molecular formula is C18H21F2N. The van der Waals surface area contributed by atoms with E-state index < -0.39 is 23.1 Å². The van der Waals surface area contributed by atoms with Gasteiger partial charge in [-0.05, 0) is 30.5 Å². The van der Waals surface area contributed by atoms with Gasteiger partial charge in [-0.2, -0.15) is 0 Å². The van der Waals surface area contributed by atoms with E-state index >= 15 is 0 Å². The lowest BCUT2D eigenvalue weighted by molar-refractivity contribution is 0.308. The Morgan fingerprint density at radius 1 is 0.905 bits per heavy atom. The second kappa shape index (κ2) is 6.35. The molecule has 0 saturated carbocycles. The second-order valence-corrected chi connectivity index (χ2v) is 5.34. The van der Waals surface area contributed by atoms with E-state index in [-0.39, 0.29) is 5.56 Å². The molecule has 1 atom stereocenters. The molecule has 2 aromatic carbocycles. The fourth-order valence-electron chi connectivity index (χ4n) is 3.13. The van der Waals surface area contributed by atoms with Crippen LogP contribution in [0.4, 0.5) is 8.78 Å². The Morgan fingerprint density at radius 3 is 1.90 bits per heavy atom. The summed E-state index contributed by atoms with van der Waals surface area (Å²) in [5.41, 5.74) is 6.86. The Balaban J connectivity index is 2.58. The summed E-state index contributed by atoms with van der Waals surface area (Å²) < 4.78 is 28.2. The van der Waals surface area contributed by atoms with Crippen molar-refractivity contribution in [2.75, 3.05) is 0 Å². The first kappa shape index (κ1) is 15.6. The van der Waals surface area contributed by atoms with Crippen molar-refractivity contribution in [2.45, 2.75) is 38.1 Å². The van der Waals surface area contributed by atoms with Crippen LogP contribution >= 0.6 is 0 Å². The van der Waals surface area contributed by atoms with Gasteiger partial charge < -0.3 is 5.73 Å². The first-order valence-electron chi connectivity index (χ1n) is 7.31. The van der Waals surface area contributed by atoms with Gasteiger partial charge in [-0.15, -0.1) is 0 Å². The van der Waals surface area contributed by atoms with Gasteiger partial charge in [-0.3, -0.25) is 0 Å². The predicted octanol–water partition coefficient (Wildman–Crippen LogP) is 4.72. The molecule has 0 aromatic heterocycles. The van der Waals surface area contributed by atoms with Crippen LogP contribution in [0, 0.1) is 11.6 Å². The van der Waals surface area contributed by atoms with E-state index in [1.807, 2.05) is 44.2 Å². The van der Waals surface area contributed by atoms with Crippen LogP contribution in [0.2, 0.25) is 0 Å². The Morgan fingerprint density at radius 2 is 1.43 bits per heavy atom. The summed E-state index contributed by atoms with van der Waals surface area (Å²) in [5.74, 6) is -1.16. The maximum atomic E-state index is 14.1. The molecule has 2 aromatic rings. The maximum absolute atomic E-state index is 14.1. The largest absolute Gasteiger partial charge is 0.323 e. The third kappa shape index (κ3) is 2.70. The topological polar surface area (TPSA) is 26.0 Å². The van der Waals surface area contributed by atoms with Gasteiger partial charge in [0.25, 0.3) is 0 Å². The van der Waals surface area contributed by atoms with Crippen molar-refractivity contribution in [3.8, 4) is 0 Å². The van der Waals surface area contributed by atoms with Crippen molar-refractivity contribution in [3.05, 3.63) is 71.3 Å². The molecule has 3 heteroatoms. The van der Waals surface area contributed by atoms with E-state index in [0.29, 0.717) is 12.8 Å². The minimum absolute atomic E-state index is 0.0231. The standard InChI is InChI=1S/C18H21F2N/c1-3-18(4-2,13-9-6-5-7-10-13)17(21)16-14(19)11-8-12-15(16)20/h5-12,17H,3-4,21H2,1-2H3. The quantitative estimate of drug-likeness (QED) is 0.846. The molecule has 2 N–H and O–H groups in total. The average molecular weight is 289 g/mol. The van der Waals surface area contributed by atoms with Gasteiger partial charge in [0.1, 0.15) is 11.6 Å². The highest BCUT2D eigenvalue weighted by molar-refractivity contribution is 5.34. The fourth-order valence-corrected chi connectivity index (χ4v) is 3.13. The van der Waals surface area contributed by atoms with Crippen LogP contribution in [0.15, 0.2) is 48.5 Å². The van der Waals surface area contributed by atoms with E-state index in [0.717, 1.165) is 5.56 Å². The zero-order valence-corrected chi connectivity index (χ0v) is 12.4. The molecule has 0 aliphatic heterocycles. The van der Waals surface area contributed by atoms with Crippen molar-refractivity contribution in [3.63, 3.8) is 0 Å². The Labute approximate surface area is 124 Å². The Hall–Kier alpha value is -1.74. The molecule has 2 rings (SSSR count). The van der Waals surface area contributed by atoms with Crippen molar-refractivity contribution < 1.29 is 8.78 Å². The number of nitrogens with two attached hydrogens (primary N) is 1. The smallest absolute Gasteiger partial charge is 0.130 e. The lowest BCUT2D eigenvalue weighted by atomic mass is 9.68. The molecule has 0 radical (unpaired) electrons. The van der Waals surface area contributed by atoms with Crippen LogP contribution in [0.1, 0.15) is 43.9 Å². The summed E-state index contributed by atoms with van der Waals surface area (Å²) in [6.45, 7) is 4.02. The van der Waals surface area contributed by atoms with E-state index in [4.69, 9.17) is 5.73 Å². The first-order chi connectivity index (χ1) is 10.1. The first-order valence-corrected chi connectivity index (χ1v) is 7.31. The highest BCUT2D eigenvalue weighted by atomic mass is 19.1. The summed E-state index contributed by atoms with van der Waals surface area (Å²) in [6, 6.07) is 12.9. The summed E-state index contributed by atoms with van der Waals surface area (Å²) in [4.78, 5) is 0. The number of hydrogen-bond acceptors (Lipinski definition) is 1. The normalized spacial score (nSPS) is 13.2. The van der Waals surface area contributed by atoms with Crippen molar-refractivity contribution in [1.82, 2.24) is 0 Å². The Bertz CT molecular complexity index is 571. The molecule has 21 heavy (non-hydrogen) atoms. The Kier molecular flexibility index (Phi) is 4.73. The zero-order valence-electron chi connectivity index (χ0n) is 12.4. The molecule has 0 fully saturated rings. The third-order valence-electron chi connectivity index (χ3n) is 4.52. The van der Waals surface area contributed by atoms with Gasteiger partial charge >= 0.3 is 0 Å². The summed E-state index contributed by atoms with van der Waals surface area (Å²) in [7, 11) is 0.